The van der Waals surface area contributed by atoms with Gasteiger partial charge in [0.2, 0.25) is 0 Å². The van der Waals surface area contributed by atoms with E-state index in [-0.39, 0.29) is 5.54 Å². The van der Waals surface area contributed by atoms with Gasteiger partial charge in [0.1, 0.15) is 5.01 Å². The smallest absolute Gasteiger partial charge is 0.115 e. The van der Waals surface area contributed by atoms with Gasteiger partial charge in [-0.05, 0) is 20.4 Å². The number of rotatable bonds is 5. The first kappa shape index (κ1) is 11.6. The summed E-state index contributed by atoms with van der Waals surface area (Å²) in [5, 5.41) is 6.51. The maximum absolute atomic E-state index is 5.26. The summed E-state index contributed by atoms with van der Waals surface area (Å²) in [5.74, 6) is 0. The SMILES string of the molecule is CCC(COC)(NC)c1nc(C)cs1. The summed E-state index contributed by atoms with van der Waals surface area (Å²) in [6, 6.07) is 0. The lowest BCUT2D eigenvalue weighted by Crippen LogP contribution is -2.43. The lowest BCUT2D eigenvalue weighted by atomic mass is 9.98. The summed E-state index contributed by atoms with van der Waals surface area (Å²) in [7, 11) is 3.68. The third kappa shape index (κ3) is 2.13. The number of ether oxygens (including phenoxy) is 1. The van der Waals surface area contributed by atoms with Gasteiger partial charge in [-0.15, -0.1) is 11.3 Å². The molecule has 1 rings (SSSR count). The monoisotopic (exact) mass is 214 g/mol. The van der Waals surface area contributed by atoms with Crippen LogP contribution in [0.4, 0.5) is 0 Å². The molecule has 0 amide bonds. The zero-order chi connectivity index (χ0) is 10.6. The molecule has 0 aliphatic rings. The highest BCUT2D eigenvalue weighted by Gasteiger charge is 2.31. The van der Waals surface area contributed by atoms with E-state index < -0.39 is 0 Å². The molecule has 0 fully saturated rings. The van der Waals surface area contributed by atoms with E-state index in [2.05, 4.69) is 22.6 Å². The molecule has 0 bridgehead atoms. The summed E-state index contributed by atoms with van der Waals surface area (Å²) in [5.41, 5.74) is 0.961. The first-order chi connectivity index (χ1) is 6.68. The van der Waals surface area contributed by atoms with E-state index in [1.807, 2.05) is 14.0 Å². The highest BCUT2D eigenvalue weighted by atomic mass is 32.1. The molecule has 1 aromatic heterocycles. The van der Waals surface area contributed by atoms with Crippen LogP contribution in [0.3, 0.4) is 0 Å². The third-order valence-corrected chi connectivity index (χ3v) is 3.67. The molecule has 0 saturated carbocycles. The number of methoxy groups -OCH3 is 1. The highest BCUT2D eigenvalue weighted by molar-refractivity contribution is 7.09. The van der Waals surface area contributed by atoms with E-state index in [4.69, 9.17) is 4.74 Å². The minimum atomic E-state index is -0.117. The normalized spacial score (nSPS) is 15.4. The summed E-state index contributed by atoms with van der Waals surface area (Å²) >= 11 is 1.69. The second kappa shape index (κ2) is 4.87. The van der Waals surface area contributed by atoms with E-state index >= 15 is 0 Å². The number of thiazole rings is 1. The molecule has 0 spiro atoms. The number of aryl methyl sites for hydroxylation is 1. The minimum absolute atomic E-state index is 0.117. The Morgan fingerprint density at radius 2 is 2.36 bits per heavy atom. The van der Waals surface area contributed by atoms with Crippen LogP contribution in [0.2, 0.25) is 0 Å². The molecular formula is C10H18N2OS. The zero-order valence-corrected chi connectivity index (χ0v) is 10.1. The van der Waals surface area contributed by atoms with Crippen LogP contribution in [0.25, 0.3) is 0 Å². The van der Waals surface area contributed by atoms with Crippen molar-refractivity contribution in [2.75, 3.05) is 20.8 Å². The Labute approximate surface area is 89.5 Å². The largest absolute Gasteiger partial charge is 0.382 e. The van der Waals surface area contributed by atoms with Gasteiger partial charge < -0.3 is 10.1 Å². The molecule has 0 radical (unpaired) electrons. The van der Waals surface area contributed by atoms with E-state index in [9.17, 15) is 0 Å². The van der Waals surface area contributed by atoms with Crippen molar-refractivity contribution in [1.29, 1.82) is 0 Å². The van der Waals surface area contributed by atoms with Crippen molar-refractivity contribution in [3.8, 4) is 0 Å². The summed E-state index contributed by atoms with van der Waals surface area (Å²) in [4.78, 5) is 4.52. The average Bonchev–Trinajstić information content (AvgIpc) is 2.62. The topological polar surface area (TPSA) is 34.1 Å². The molecule has 1 unspecified atom stereocenters. The van der Waals surface area contributed by atoms with Crippen molar-refractivity contribution in [1.82, 2.24) is 10.3 Å². The molecule has 0 aromatic carbocycles. The van der Waals surface area contributed by atoms with Crippen molar-refractivity contribution in [2.24, 2.45) is 0 Å². The van der Waals surface area contributed by atoms with Gasteiger partial charge in [0.15, 0.2) is 0 Å². The Morgan fingerprint density at radius 1 is 1.64 bits per heavy atom. The lowest BCUT2D eigenvalue weighted by molar-refractivity contribution is 0.110. The van der Waals surface area contributed by atoms with Crippen LogP contribution in [-0.4, -0.2) is 25.7 Å². The van der Waals surface area contributed by atoms with Gasteiger partial charge in [-0.1, -0.05) is 6.92 Å². The average molecular weight is 214 g/mol. The zero-order valence-electron chi connectivity index (χ0n) is 9.26. The standard InChI is InChI=1S/C10H18N2OS/c1-5-10(11-3,7-13-4)9-12-8(2)6-14-9/h6,11H,5,7H2,1-4H3. The molecule has 1 N–H and O–H groups in total. The molecule has 14 heavy (non-hydrogen) atoms. The van der Waals surface area contributed by atoms with Crippen LogP contribution in [0.15, 0.2) is 5.38 Å². The molecule has 3 nitrogen and oxygen atoms in total. The summed E-state index contributed by atoms with van der Waals surface area (Å²) < 4.78 is 5.26. The molecule has 1 heterocycles. The summed E-state index contributed by atoms with van der Waals surface area (Å²) in [6.45, 7) is 4.82. The predicted molar refractivity (Wildman–Crippen MR) is 59.8 cm³/mol. The van der Waals surface area contributed by atoms with Crippen LogP contribution < -0.4 is 5.32 Å². The molecule has 0 aliphatic carbocycles. The molecule has 4 heteroatoms. The molecule has 1 aromatic rings. The van der Waals surface area contributed by atoms with Gasteiger partial charge in [-0.3, -0.25) is 0 Å². The Morgan fingerprint density at radius 3 is 2.71 bits per heavy atom. The Kier molecular flexibility index (Phi) is 4.04. The number of likely N-dealkylation sites (N-methyl/N-ethyl adjacent to an activating group) is 1. The Balaban J connectivity index is 2.97. The maximum atomic E-state index is 5.26. The Hall–Kier alpha value is -0.450. The van der Waals surface area contributed by atoms with Crippen LogP contribution in [0, 0.1) is 6.92 Å². The number of nitrogens with one attached hydrogen (secondary N) is 1. The number of aromatic nitrogens is 1. The van der Waals surface area contributed by atoms with Gasteiger partial charge in [-0.25, -0.2) is 4.98 Å². The molecule has 0 saturated heterocycles. The van der Waals surface area contributed by atoms with E-state index in [1.54, 1.807) is 18.4 Å². The van der Waals surface area contributed by atoms with Gasteiger partial charge >= 0.3 is 0 Å². The number of hydrogen-bond donors (Lipinski definition) is 1. The fourth-order valence-electron chi connectivity index (χ4n) is 1.49. The van der Waals surface area contributed by atoms with Crippen LogP contribution in [0.1, 0.15) is 24.0 Å². The van der Waals surface area contributed by atoms with Crippen molar-refractivity contribution < 1.29 is 4.74 Å². The quantitative estimate of drug-likeness (QED) is 0.813. The summed E-state index contributed by atoms with van der Waals surface area (Å²) in [6.07, 6.45) is 0.976. The molecule has 0 aliphatic heterocycles. The molecular weight excluding hydrogens is 196 g/mol. The number of hydrogen-bond acceptors (Lipinski definition) is 4. The fraction of sp³-hybridized carbons (Fsp3) is 0.700. The van der Waals surface area contributed by atoms with Gasteiger partial charge in [-0.2, -0.15) is 0 Å². The Bertz CT molecular complexity index is 281. The second-order valence-electron chi connectivity index (χ2n) is 3.41. The van der Waals surface area contributed by atoms with E-state index in [0.29, 0.717) is 6.61 Å². The fourth-order valence-corrected chi connectivity index (χ4v) is 2.55. The van der Waals surface area contributed by atoms with E-state index in [0.717, 1.165) is 17.1 Å². The first-order valence-electron chi connectivity index (χ1n) is 4.79. The van der Waals surface area contributed by atoms with Gasteiger partial charge in [0, 0.05) is 18.2 Å². The first-order valence-corrected chi connectivity index (χ1v) is 5.67. The maximum Gasteiger partial charge on any atom is 0.115 e. The van der Waals surface area contributed by atoms with Crippen LogP contribution >= 0.6 is 11.3 Å². The van der Waals surface area contributed by atoms with E-state index in [1.165, 1.54) is 0 Å². The van der Waals surface area contributed by atoms with Crippen LogP contribution in [-0.2, 0) is 10.3 Å². The van der Waals surface area contributed by atoms with Gasteiger partial charge in [0.05, 0.1) is 12.1 Å². The van der Waals surface area contributed by atoms with Crippen molar-refractivity contribution >= 4 is 11.3 Å². The van der Waals surface area contributed by atoms with Crippen LogP contribution in [0.5, 0.6) is 0 Å². The third-order valence-electron chi connectivity index (χ3n) is 2.50. The second-order valence-corrected chi connectivity index (χ2v) is 4.27. The van der Waals surface area contributed by atoms with Crippen molar-refractivity contribution in [2.45, 2.75) is 25.8 Å². The lowest BCUT2D eigenvalue weighted by Gasteiger charge is -2.29. The highest BCUT2D eigenvalue weighted by Crippen LogP contribution is 2.27. The van der Waals surface area contributed by atoms with Crippen molar-refractivity contribution in [3.05, 3.63) is 16.1 Å². The predicted octanol–water partition coefficient (Wildman–Crippen LogP) is 1.92. The molecule has 80 valence electrons. The molecule has 1 atom stereocenters. The minimum Gasteiger partial charge on any atom is -0.382 e. The number of nitrogens with zero attached hydrogens (tertiary/aromatic N) is 1. The van der Waals surface area contributed by atoms with Gasteiger partial charge in [0.25, 0.3) is 0 Å². The van der Waals surface area contributed by atoms with Crippen molar-refractivity contribution in [3.63, 3.8) is 0 Å².